The highest BCUT2D eigenvalue weighted by molar-refractivity contribution is 7.98. The van der Waals surface area contributed by atoms with Crippen molar-refractivity contribution in [1.82, 2.24) is 15.0 Å². The number of fused-ring (bicyclic) bond motifs is 1. The normalized spacial score (nSPS) is 11.4. The molecule has 0 saturated carbocycles. The smallest absolute Gasteiger partial charge is 0.236 e. The van der Waals surface area contributed by atoms with Gasteiger partial charge in [-0.3, -0.25) is 4.72 Å². The van der Waals surface area contributed by atoms with Gasteiger partial charge in [0.1, 0.15) is 5.75 Å². The Balaban J connectivity index is 1.52. The fourth-order valence-electron chi connectivity index (χ4n) is 4.01. The zero-order valence-corrected chi connectivity index (χ0v) is 21.9. The van der Waals surface area contributed by atoms with Gasteiger partial charge in [-0.25, -0.2) is 23.4 Å². The van der Waals surface area contributed by atoms with Gasteiger partial charge in [0.15, 0.2) is 5.16 Å². The summed E-state index contributed by atoms with van der Waals surface area (Å²) in [5, 5.41) is 2.15. The molecule has 0 saturated heterocycles. The number of hydrogen-bond donors (Lipinski definition) is 1. The first-order valence-corrected chi connectivity index (χ1v) is 14.4. The summed E-state index contributed by atoms with van der Waals surface area (Å²) in [5.74, 6) is 0.882. The van der Waals surface area contributed by atoms with Crippen LogP contribution < -0.4 is 9.46 Å². The van der Waals surface area contributed by atoms with Crippen LogP contribution in [-0.2, 0) is 15.8 Å². The number of aromatic nitrogens is 3. The van der Waals surface area contributed by atoms with E-state index in [1.807, 2.05) is 73.8 Å². The molecule has 0 unspecified atom stereocenters. The maximum absolute atomic E-state index is 12.9. The minimum absolute atomic E-state index is 0.117. The molecule has 0 aliphatic rings. The van der Waals surface area contributed by atoms with Crippen LogP contribution in [0.5, 0.6) is 11.6 Å². The third-order valence-corrected chi connectivity index (χ3v) is 7.54. The van der Waals surface area contributed by atoms with E-state index < -0.39 is 10.0 Å². The van der Waals surface area contributed by atoms with E-state index >= 15 is 0 Å². The summed E-state index contributed by atoms with van der Waals surface area (Å²) in [6, 6.07) is 23.9. The first-order valence-electron chi connectivity index (χ1n) is 11.5. The Morgan fingerprint density at radius 3 is 2.51 bits per heavy atom. The molecule has 37 heavy (non-hydrogen) atoms. The molecule has 0 fully saturated rings. The predicted molar refractivity (Wildman–Crippen MR) is 148 cm³/mol. The van der Waals surface area contributed by atoms with Gasteiger partial charge in [0.2, 0.25) is 15.9 Å². The third kappa shape index (κ3) is 5.58. The molecule has 0 atom stereocenters. The fourth-order valence-corrected chi connectivity index (χ4v) is 5.59. The van der Waals surface area contributed by atoms with Crippen LogP contribution in [0.2, 0.25) is 0 Å². The van der Waals surface area contributed by atoms with Gasteiger partial charge in [0, 0.05) is 23.2 Å². The molecule has 7 nitrogen and oxygen atoms in total. The number of hydrogen-bond acceptors (Lipinski definition) is 7. The number of aryl methyl sites for hydroxylation is 1. The second kappa shape index (κ2) is 10.6. The van der Waals surface area contributed by atoms with E-state index in [1.165, 1.54) is 11.8 Å². The first kappa shape index (κ1) is 24.7. The number of anilines is 1. The molecule has 0 radical (unpaired) electrons. The molecule has 9 heteroatoms. The van der Waals surface area contributed by atoms with E-state index in [4.69, 9.17) is 4.74 Å². The van der Waals surface area contributed by atoms with E-state index in [-0.39, 0.29) is 5.75 Å². The molecule has 2 heterocycles. The SMILES string of the molecule is CSc1nccc(-c2cccnc2Oc2c(C)ccc3c(NS(=O)(=O)Cc4ccccc4)cccc23)n1. The van der Waals surface area contributed by atoms with Gasteiger partial charge in [0.05, 0.1) is 22.7 Å². The van der Waals surface area contributed by atoms with Crippen molar-refractivity contribution in [3.63, 3.8) is 0 Å². The maximum Gasteiger partial charge on any atom is 0.236 e. The quantitative estimate of drug-likeness (QED) is 0.183. The molecular weight excluding hydrogens is 504 g/mol. The lowest BCUT2D eigenvalue weighted by Crippen LogP contribution is -2.15. The minimum Gasteiger partial charge on any atom is -0.437 e. The lowest BCUT2D eigenvalue weighted by Gasteiger charge is -2.16. The second-order valence-electron chi connectivity index (χ2n) is 8.35. The number of pyridine rings is 1. The van der Waals surface area contributed by atoms with Crippen LogP contribution in [0.3, 0.4) is 0 Å². The molecule has 3 aromatic carbocycles. The van der Waals surface area contributed by atoms with E-state index in [2.05, 4.69) is 19.7 Å². The number of nitrogens with one attached hydrogen (secondary N) is 1. The average molecular weight is 529 g/mol. The highest BCUT2D eigenvalue weighted by Gasteiger charge is 2.18. The first-order chi connectivity index (χ1) is 17.9. The summed E-state index contributed by atoms with van der Waals surface area (Å²) in [6.45, 7) is 1.94. The van der Waals surface area contributed by atoms with Crippen LogP contribution in [-0.4, -0.2) is 29.6 Å². The van der Waals surface area contributed by atoms with E-state index in [9.17, 15) is 8.42 Å². The molecule has 0 bridgehead atoms. The molecule has 0 aliphatic carbocycles. The van der Waals surface area contributed by atoms with Gasteiger partial charge in [-0.1, -0.05) is 66.4 Å². The number of nitrogens with zero attached hydrogens (tertiary/aromatic N) is 3. The Hall–Kier alpha value is -3.95. The number of benzene rings is 3. The lowest BCUT2D eigenvalue weighted by atomic mass is 10.0. The Bertz CT molecular complexity index is 1680. The van der Waals surface area contributed by atoms with Crippen LogP contribution in [0.25, 0.3) is 22.0 Å². The largest absolute Gasteiger partial charge is 0.437 e. The topological polar surface area (TPSA) is 94.1 Å². The Kier molecular flexibility index (Phi) is 7.07. The van der Waals surface area contributed by atoms with Gasteiger partial charge in [-0.15, -0.1) is 0 Å². The van der Waals surface area contributed by atoms with Crippen LogP contribution in [0, 0.1) is 6.92 Å². The maximum atomic E-state index is 12.9. The number of sulfonamides is 1. The Labute approximate surface area is 220 Å². The molecule has 0 aliphatic heterocycles. The van der Waals surface area contributed by atoms with Crippen molar-refractivity contribution in [2.75, 3.05) is 11.0 Å². The van der Waals surface area contributed by atoms with Crippen molar-refractivity contribution < 1.29 is 13.2 Å². The van der Waals surface area contributed by atoms with Crippen LogP contribution in [0.4, 0.5) is 5.69 Å². The summed E-state index contributed by atoms with van der Waals surface area (Å²) in [7, 11) is -3.63. The van der Waals surface area contributed by atoms with Gasteiger partial charge in [-0.05, 0) is 48.6 Å². The van der Waals surface area contributed by atoms with Gasteiger partial charge in [0.25, 0.3) is 0 Å². The third-order valence-electron chi connectivity index (χ3n) is 5.74. The van der Waals surface area contributed by atoms with Crippen molar-refractivity contribution >= 4 is 38.2 Å². The summed E-state index contributed by atoms with van der Waals surface area (Å²) in [6.07, 6.45) is 5.30. The molecule has 0 spiro atoms. The summed E-state index contributed by atoms with van der Waals surface area (Å²) in [5.41, 5.74) is 3.53. The summed E-state index contributed by atoms with van der Waals surface area (Å²) < 4.78 is 35.0. The van der Waals surface area contributed by atoms with E-state index in [0.717, 1.165) is 21.9 Å². The number of thioether (sulfide) groups is 1. The second-order valence-corrected chi connectivity index (χ2v) is 10.8. The van der Waals surface area contributed by atoms with Gasteiger partial charge >= 0.3 is 0 Å². The minimum atomic E-state index is -3.63. The molecule has 2 aromatic heterocycles. The van der Waals surface area contributed by atoms with Crippen molar-refractivity contribution in [3.8, 4) is 22.9 Å². The zero-order chi connectivity index (χ0) is 25.8. The molecule has 1 N–H and O–H groups in total. The summed E-state index contributed by atoms with van der Waals surface area (Å²) >= 11 is 1.46. The molecule has 5 rings (SSSR count). The standard InChI is InChI=1S/C28H24N4O3S2/c1-19-13-14-21-22(10-6-12-25(21)32-37(33,34)18-20-8-4-3-5-9-20)26(19)35-27-23(11-7-16-29-27)24-15-17-30-28(31-24)36-2/h3-17,32H,18H2,1-2H3. The van der Waals surface area contributed by atoms with Crippen molar-refractivity contribution in [3.05, 3.63) is 102 Å². The average Bonchev–Trinajstić information content (AvgIpc) is 2.91. The van der Waals surface area contributed by atoms with Crippen LogP contribution in [0.15, 0.2) is 96.4 Å². The molecule has 5 aromatic rings. The Morgan fingerprint density at radius 2 is 1.70 bits per heavy atom. The van der Waals surface area contributed by atoms with E-state index in [1.54, 1.807) is 30.6 Å². The zero-order valence-electron chi connectivity index (χ0n) is 20.3. The number of ether oxygens (including phenoxy) is 1. The molecule has 186 valence electrons. The fraction of sp³-hybridized carbons (Fsp3) is 0.107. The monoisotopic (exact) mass is 528 g/mol. The van der Waals surface area contributed by atoms with Crippen molar-refractivity contribution in [2.45, 2.75) is 17.8 Å². The van der Waals surface area contributed by atoms with Crippen molar-refractivity contribution in [1.29, 1.82) is 0 Å². The number of rotatable bonds is 8. The molecule has 0 amide bonds. The van der Waals surface area contributed by atoms with Crippen molar-refractivity contribution in [2.24, 2.45) is 0 Å². The van der Waals surface area contributed by atoms with E-state index in [0.29, 0.717) is 33.7 Å². The van der Waals surface area contributed by atoms with Crippen LogP contribution >= 0.6 is 11.8 Å². The van der Waals surface area contributed by atoms with Crippen LogP contribution in [0.1, 0.15) is 11.1 Å². The summed E-state index contributed by atoms with van der Waals surface area (Å²) in [4.78, 5) is 13.3. The highest BCUT2D eigenvalue weighted by atomic mass is 32.2. The van der Waals surface area contributed by atoms with Gasteiger partial charge in [-0.2, -0.15) is 0 Å². The Morgan fingerprint density at radius 1 is 0.865 bits per heavy atom. The predicted octanol–water partition coefficient (Wildman–Crippen LogP) is 6.46. The van der Waals surface area contributed by atoms with Gasteiger partial charge < -0.3 is 4.74 Å². The molecular formula is C28H24N4O3S2. The highest BCUT2D eigenvalue weighted by Crippen LogP contribution is 2.38. The lowest BCUT2D eigenvalue weighted by molar-refractivity contribution is 0.466.